The SMILES string of the molecule is CC[C@H]1C(=O)C(C)(C)[C@@H](O)CC(=O)O[C@H](/C(Cl)=C/c2ccccn2)C/C=C(/Cl)CCC[C@H](C)[C@@H]1O. The van der Waals surface area contributed by atoms with E-state index in [-0.39, 0.29) is 29.6 Å². The van der Waals surface area contributed by atoms with Gasteiger partial charge in [-0.05, 0) is 49.8 Å². The van der Waals surface area contributed by atoms with Gasteiger partial charge < -0.3 is 14.9 Å². The summed E-state index contributed by atoms with van der Waals surface area (Å²) < 4.78 is 5.63. The van der Waals surface area contributed by atoms with Gasteiger partial charge in [-0.15, -0.1) is 0 Å². The van der Waals surface area contributed by atoms with Crippen molar-refractivity contribution in [2.24, 2.45) is 17.3 Å². The average Bonchev–Trinajstić information content (AvgIpc) is 2.81. The molecule has 5 atom stereocenters. The first kappa shape index (κ1) is 29.5. The number of carbonyl (C=O) groups is 2. The van der Waals surface area contributed by atoms with Crippen LogP contribution in [0.2, 0.25) is 0 Å². The molecule has 194 valence electrons. The van der Waals surface area contributed by atoms with E-state index >= 15 is 0 Å². The molecular formula is C27H37Cl2NO5. The van der Waals surface area contributed by atoms with Crippen LogP contribution in [-0.2, 0) is 14.3 Å². The molecule has 0 spiro atoms. The van der Waals surface area contributed by atoms with Gasteiger partial charge in [0.05, 0.1) is 34.8 Å². The van der Waals surface area contributed by atoms with Gasteiger partial charge in [-0.3, -0.25) is 14.6 Å². The Labute approximate surface area is 218 Å². The quantitative estimate of drug-likeness (QED) is 0.495. The third kappa shape index (κ3) is 8.42. The summed E-state index contributed by atoms with van der Waals surface area (Å²) in [6.07, 6.45) is 4.40. The van der Waals surface area contributed by atoms with Crippen LogP contribution in [0.15, 0.2) is 40.5 Å². The molecule has 1 aromatic heterocycles. The molecule has 0 fully saturated rings. The van der Waals surface area contributed by atoms with Gasteiger partial charge in [-0.25, -0.2) is 0 Å². The molecule has 1 aromatic rings. The van der Waals surface area contributed by atoms with Gasteiger partial charge in [0.15, 0.2) is 0 Å². The summed E-state index contributed by atoms with van der Waals surface area (Å²) in [5.74, 6) is -1.72. The van der Waals surface area contributed by atoms with Gasteiger partial charge in [-0.2, -0.15) is 0 Å². The molecule has 0 saturated heterocycles. The fraction of sp³-hybridized carbons (Fsp3) is 0.593. The number of rotatable bonds is 3. The van der Waals surface area contributed by atoms with E-state index in [0.717, 1.165) is 6.42 Å². The molecule has 6 nitrogen and oxygen atoms in total. The van der Waals surface area contributed by atoms with Crippen LogP contribution < -0.4 is 0 Å². The van der Waals surface area contributed by atoms with E-state index in [1.54, 1.807) is 44.3 Å². The number of halogens is 2. The first-order chi connectivity index (χ1) is 16.5. The number of ether oxygens (including phenoxy) is 1. The van der Waals surface area contributed by atoms with E-state index in [2.05, 4.69) is 4.98 Å². The first-order valence-electron chi connectivity index (χ1n) is 12.2. The van der Waals surface area contributed by atoms with Gasteiger partial charge in [0.2, 0.25) is 0 Å². The van der Waals surface area contributed by atoms with Crippen molar-refractivity contribution in [3.63, 3.8) is 0 Å². The predicted octanol–water partition coefficient (Wildman–Crippen LogP) is 5.64. The molecule has 2 N–H and O–H groups in total. The van der Waals surface area contributed by atoms with Crippen LogP contribution in [0.5, 0.6) is 0 Å². The second-order valence-corrected chi connectivity index (χ2v) is 10.8. The first-order valence-corrected chi connectivity index (χ1v) is 13.0. The molecule has 35 heavy (non-hydrogen) atoms. The number of hydrogen-bond donors (Lipinski definition) is 2. The van der Waals surface area contributed by atoms with Gasteiger partial charge in [0, 0.05) is 23.6 Å². The molecule has 0 saturated carbocycles. The lowest BCUT2D eigenvalue weighted by atomic mass is 9.71. The van der Waals surface area contributed by atoms with Crippen molar-refractivity contribution in [3.8, 4) is 0 Å². The largest absolute Gasteiger partial charge is 0.456 e. The summed E-state index contributed by atoms with van der Waals surface area (Å²) in [7, 11) is 0. The van der Waals surface area contributed by atoms with Crippen molar-refractivity contribution >= 4 is 41.0 Å². The lowest BCUT2D eigenvalue weighted by Crippen LogP contribution is -2.46. The van der Waals surface area contributed by atoms with E-state index in [0.29, 0.717) is 30.0 Å². The van der Waals surface area contributed by atoms with Crippen LogP contribution in [-0.4, -0.2) is 45.3 Å². The number of cyclic esters (lactones) is 1. The fourth-order valence-electron chi connectivity index (χ4n) is 4.25. The zero-order valence-corrected chi connectivity index (χ0v) is 22.4. The number of aliphatic hydroxyl groups is 2. The van der Waals surface area contributed by atoms with E-state index in [1.807, 2.05) is 19.9 Å². The molecule has 2 heterocycles. The number of esters is 1. The van der Waals surface area contributed by atoms with Crippen molar-refractivity contribution in [2.75, 3.05) is 0 Å². The maximum Gasteiger partial charge on any atom is 0.309 e. The lowest BCUT2D eigenvalue weighted by Gasteiger charge is -2.35. The molecule has 0 bridgehead atoms. The van der Waals surface area contributed by atoms with Crippen molar-refractivity contribution in [2.45, 2.75) is 84.5 Å². The molecule has 1 aliphatic heterocycles. The summed E-state index contributed by atoms with van der Waals surface area (Å²) in [6, 6.07) is 5.38. The zero-order chi connectivity index (χ0) is 26.2. The predicted molar refractivity (Wildman–Crippen MR) is 139 cm³/mol. The molecule has 2 rings (SSSR count). The van der Waals surface area contributed by atoms with Crippen LogP contribution in [0.1, 0.15) is 71.9 Å². The maximum atomic E-state index is 13.4. The Bertz CT molecular complexity index is 915. The standard InChI is InChI=1S/C27H37Cl2NO5/c1-5-20-25(33)17(2)9-8-10-18(28)12-13-22(21(29)15-19-11-6-7-14-30-19)35-24(32)16-23(31)27(3,4)26(20)34/h6-7,11-12,14-15,17,20,22-23,25,31,33H,5,8-10,13,16H2,1-4H3/b18-12+,21-15-/t17-,20+,22-,23-,25-/m0/s1. The topological polar surface area (TPSA) is 96.7 Å². The highest BCUT2D eigenvalue weighted by molar-refractivity contribution is 6.32. The minimum atomic E-state index is -1.29. The van der Waals surface area contributed by atoms with Crippen LogP contribution in [0.3, 0.4) is 0 Å². The van der Waals surface area contributed by atoms with Crippen LogP contribution in [0, 0.1) is 17.3 Å². The number of aliphatic hydroxyl groups excluding tert-OH is 2. The normalized spacial score (nSPS) is 31.4. The molecular weight excluding hydrogens is 489 g/mol. The molecule has 1 aliphatic rings. The number of ketones is 1. The number of pyridine rings is 1. The van der Waals surface area contributed by atoms with Gasteiger partial charge in [0.25, 0.3) is 0 Å². The zero-order valence-electron chi connectivity index (χ0n) is 20.9. The van der Waals surface area contributed by atoms with Crippen molar-refractivity contribution in [1.82, 2.24) is 4.98 Å². The van der Waals surface area contributed by atoms with Crippen LogP contribution in [0.25, 0.3) is 6.08 Å². The molecule has 0 aliphatic carbocycles. The monoisotopic (exact) mass is 525 g/mol. The van der Waals surface area contributed by atoms with Crippen molar-refractivity contribution < 1.29 is 24.5 Å². The van der Waals surface area contributed by atoms with E-state index < -0.39 is 35.6 Å². The third-order valence-corrected chi connectivity index (χ3v) is 7.48. The number of carbonyl (C=O) groups excluding carboxylic acids is 2. The van der Waals surface area contributed by atoms with E-state index in [4.69, 9.17) is 27.9 Å². The molecule has 0 radical (unpaired) electrons. The number of nitrogens with zero attached hydrogens (tertiary/aromatic N) is 1. The third-order valence-electron chi connectivity index (χ3n) is 6.78. The highest BCUT2D eigenvalue weighted by atomic mass is 35.5. The van der Waals surface area contributed by atoms with Crippen LogP contribution >= 0.6 is 23.2 Å². The Morgan fingerprint density at radius 2 is 2.00 bits per heavy atom. The molecule has 0 aromatic carbocycles. The number of Topliss-reactive ketones (excluding diaryl/α,β-unsaturated/α-hetero) is 1. The maximum absolute atomic E-state index is 13.4. The van der Waals surface area contributed by atoms with Crippen molar-refractivity contribution in [3.05, 3.63) is 46.2 Å². The molecule has 8 heteroatoms. The van der Waals surface area contributed by atoms with Gasteiger partial charge >= 0.3 is 5.97 Å². The second-order valence-electron chi connectivity index (χ2n) is 9.83. The lowest BCUT2D eigenvalue weighted by molar-refractivity contribution is -0.154. The fourth-order valence-corrected chi connectivity index (χ4v) is 4.72. The second kappa shape index (κ2) is 13.5. The average molecular weight is 527 g/mol. The van der Waals surface area contributed by atoms with E-state index in [1.165, 1.54) is 0 Å². The summed E-state index contributed by atoms with van der Waals surface area (Å²) in [6.45, 7) is 6.96. The van der Waals surface area contributed by atoms with Crippen molar-refractivity contribution in [1.29, 1.82) is 0 Å². The number of aromatic nitrogens is 1. The summed E-state index contributed by atoms with van der Waals surface area (Å²) in [5.41, 5.74) is -0.635. The molecule has 0 amide bonds. The summed E-state index contributed by atoms with van der Waals surface area (Å²) in [4.78, 5) is 30.4. The van der Waals surface area contributed by atoms with Crippen LogP contribution in [0.4, 0.5) is 0 Å². The van der Waals surface area contributed by atoms with Gasteiger partial charge in [0.1, 0.15) is 11.9 Å². The Morgan fingerprint density at radius 1 is 1.29 bits per heavy atom. The minimum absolute atomic E-state index is 0.123. The highest BCUT2D eigenvalue weighted by Gasteiger charge is 2.43. The Kier molecular flexibility index (Phi) is 11.4. The summed E-state index contributed by atoms with van der Waals surface area (Å²) >= 11 is 12.9. The highest BCUT2D eigenvalue weighted by Crippen LogP contribution is 2.34. The number of hydrogen-bond acceptors (Lipinski definition) is 6. The van der Waals surface area contributed by atoms with Gasteiger partial charge in [-0.1, -0.05) is 63.0 Å². The molecule has 0 unspecified atom stereocenters. The smallest absolute Gasteiger partial charge is 0.309 e. The Balaban J connectivity index is 2.36. The van der Waals surface area contributed by atoms with E-state index in [9.17, 15) is 19.8 Å². The summed E-state index contributed by atoms with van der Waals surface area (Å²) in [5, 5.41) is 22.6. The minimum Gasteiger partial charge on any atom is -0.456 e. The Morgan fingerprint density at radius 3 is 2.63 bits per heavy atom. The Hall–Kier alpha value is -1.73. The number of allylic oxidation sites excluding steroid dienone is 1.